The Hall–Kier alpha value is -1.48. The van der Waals surface area contributed by atoms with Crippen LogP contribution >= 0.6 is 15.9 Å². The fraction of sp³-hybridized carbons (Fsp3) is 0.133. The lowest BCUT2D eigenvalue weighted by molar-refractivity contribution is 0.103. The van der Waals surface area contributed by atoms with Crippen molar-refractivity contribution >= 4 is 21.7 Å². The van der Waals surface area contributed by atoms with Gasteiger partial charge in [-0.1, -0.05) is 33.6 Å². The van der Waals surface area contributed by atoms with Gasteiger partial charge in [-0.25, -0.2) is 4.39 Å². The maximum Gasteiger partial charge on any atom is 0.194 e. The monoisotopic (exact) mass is 306 g/mol. The van der Waals surface area contributed by atoms with Gasteiger partial charge < -0.3 is 0 Å². The molecule has 0 radical (unpaired) electrons. The second kappa shape index (κ2) is 5.02. The quantitative estimate of drug-likeness (QED) is 0.750. The average Bonchev–Trinajstić information content (AvgIpc) is 2.34. The summed E-state index contributed by atoms with van der Waals surface area (Å²) in [5, 5.41) is 0. The molecule has 18 heavy (non-hydrogen) atoms. The van der Waals surface area contributed by atoms with E-state index in [0.29, 0.717) is 15.6 Å². The first-order valence-corrected chi connectivity index (χ1v) is 6.35. The molecule has 92 valence electrons. The molecule has 0 saturated heterocycles. The highest BCUT2D eigenvalue weighted by Crippen LogP contribution is 2.23. The number of halogens is 2. The van der Waals surface area contributed by atoms with E-state index in [1.54, 1.807) is 6.07 Å². The van der Waals surface area contributed by atoms with Gasteiger partial charge in [-0.05, 0) is 43.7 Å². The average molecular weight is 307 g/mol. The van der Waals surface area contributed by atoms with Crippen LogP contribution < -0.4 is 0 Å². The molecule has 0 unspecified atom stereocenters. The van der Waals surface area contributed by atoms with Crippen LogP contribution in [0.5, 0.6) is 0 Å². The Morgan fingerprint density at radius 1 is 1.06 bits per heavy atom. The van der Waals surface area contributed by atoms with Crippen molar-refractivity contribution in [3.63, 3.8) is 0 Å². The summed E-state index contributed by atoms with van der Waals surface area (Å²) in [5.41, 5.74) is 2.86. The Morgan fingerprint density at radius 2 is 1.78 bits per heavy atom. The number of ketones is 1. The molecule has 0 spiro atoms. The van der Waals surface area contributed by atoms with Crippen molar-refractivity contribution in [2.45, 2.75) is 13.8 Å². The minimum absolute atomic E-state index is 0.164. The van der Waals surface area contributed by atoms with E-state index in [2.05, 4.69) is 15.9 Å². The molecule has 0 aromatic heterocycles. The fourth-order valence-corrected chi connectivity index (χ4v) is 2.22. The topological polar surface area (TPSA) is 17.1 Å². The first-order chi connectivity index (χ1) is 8.49. The third-order valence-electron chi connectivity index (χ3n) is 2.81. The Kier molecular flexibility index (Phi) is 3.62. The Labute approximate surface area is 114 Å². The van der Waals surface area contributed by atoms with Gasteiger partial charge >= 0.3 is 0 Å². The first kappa shape index (κ1) is 13.0. The number of benzene rings is 2. The number of rotatable bonds is 2. The summed E-state index contributed by atoms with van der Waals surface area (Å²) in [4.78, 5) is 12.4. The van der Waals surface area contributed by atoms with E-state index < -0.39 is 5.82 Å². The summed E-state index contributed by atoms with van der Waals surface area (Å²) in [5.74, 6) is -0.575. The normalized spacial score (nSPS) is 10.4. The summed E-state index contributed by atoms with van der Waals surface area (Å²) in [6.07, 6.45) is 0. The van der Waals surface area contributed by atoms with Gasteiger partial charge in [-0.2, -0.15) is 0 Å². The predicted octanol–water partition coefficient (Wildman–Crippen LogP) is 4.44. The summed E-state index contributed by atoms with van der Waals surface area (Å²) < 4.78 is 13.8. The minimum atomic E-state index is -0.410. The number of hydrogen-bond acceptors (Lipinski definition) is 1. The van der Waals surface area contributed by atoms with Gasteiger partial charge in [0.25, 0.3) is 0 Å². The highest BCUT2D eigenvalue weighted by atomic mass is 79.9. The Balaban J connectivity index is 2.54. The molecule has 2 aromatic rings. The standard InChI is InChI=1S/C15H12BrFO/c1-9-3-4-10(2)12(7-9)15(18)13-8-11(17)5-6-14(13)16/h3-8H,1-2H3. The molecule has 3 heteroatoms. The number of carbonyl (C=O) groups is 1. The summed E-state index contributed by atoms with van der Waals surface area (Å²) in [6.45, 7) is 3.80. The maximum atomic E-state index is 13.2. The molecule has 2 rings (SSSR count). The van der Waals surface area contributed by atoms with Crippen LogP contribution in [0.2, 0.25) is 0 Å². The van der Waals surface area contributed by atoms with Crippen molar-refractivity contribution in [2.24, 2.45) is 0 Å². The minimum Gasteiger partial charge on any atom is -0.289 e. The number of hydrogen-bond donors (Lipinski definition) is 0. The molecule has 0 saturated carbocycles. The SMILES string of the molecule is Cc1ccc(C)c(C(=O)c2cc(F)ccc2Br)c1. The zero-order valence-corrected chi connectivity index (χ0v) is 11.7. The molecule has 1 nitrogen and oxygen atoms in total. The summed E-state index contributed by atoms with van der Waals surface area (Å²) in [6, 6.07) is 9.81. The lowest BCUT2D eigenvalue weighted by atomic mass is 9.97. The van der Waals surface area contributed by atoms with Crippen LogP contribution in [0, 0.1) is 19.7 Å². The number of carbonyl (C=O) groups excluding carboxylic acids is 1. The number of aryl methyl sites for hydroxylation is 2. The van der Waals surface area contributed by atoms with E-state index in [1.807, 2.05) is 32.0 Å². The van der Waals surface area contributed by atoms with Crippen LogP contribution in [0.3, 0.4) is 0 Å². The maximum absolute atomic E-state index is 13.2. The van der Waals surface area contributed by atoms with E-state index in [9.17, 15) is 9.18 Å². The zero-order valence-electron chi connectivity index (χ0n) is 10.1. The van der Waals surface area contributed by atoms with Crippen molar-refractivity contribution < 1.29 is 9.18 Å². The molecule has 0 aliphatic heterocycles. The molecule has 0 aliphatic carbocycles. The molecule has 0 amide bonds. The van der Waals surface area contributed by atoms with Gasteiger partial charge in [-0.15, -0.1) is 0 Å². The van der Waals surface area contributed by atoms with Crippen LogP contribution in [0.25, 0.3) is 0 Å². The van der Waals surface area contributed by atoms with Crippen molar-refractivity contribution in [2.75, 3.05) is 0 Å². The molecular formula is C15H12BrFO. The molecule has 0 heterocycles. The van der Waals surface area contributed by atoms with Gasteiger partial charge in [0.1, 0.15) is 5.82 Å². The third kappa shape index (κ3) is 2.51. The highest BCUT2D eigenvalue weighted by molar-refractivity contribution is 9.10. The summed E-state index contributed by atoms with van der Waals surface area (Å²) >= 11 is 3.28. The van der Waals surface area contributed by atoms with Crippen LogP contribution in [0.1, 0.15) is 27.0 Å². The smallest absolute Gasteiger partial charge is 0.194 e. The summed E-state index contributed by atoms with van der Waals surface area (Å²) in [7, 11) is 0. The molecular weight excluding hydrogens is 295 g/mol. The lowest BCUT2D eigenvalue weighted by Crippen LogP contribution is -2.05. The van der Waals surface area contributed by atoms with Crippen molar-refractivity contribution in [1.29, 1.82) is 0 Å². The molecule has 2 aromatic carbocycles. The third-order valence-corrected chi connectivity index (χ3v) is 3.50. The van der Waals surface area contributed by atoms with E-state index in [-0.39, 0.29) is 5.78 Å². The van der Waals surface area contributed by atoms with E-state index >= 15 is 0 Å². The van der Waals surface area contributed by atoms with Gasteiger partial charge in [0.2, 0.25) is 0 Å². The Bertz CT molecular complexity index is 566. The van der Waals surface area contributed by atoms with Crippen molar-refractivity contribution in [3.05, 3.63) is 68.9 Å². The van der Waals surface area contributed by atoms with Crippen molar-refractivity contribution in [3.8, 4) is 0 Å². The molecule has 0 fully saturated rings. The zero-order chi connectivity index (χ0) is 13.3. The second-order valence-electron chi connectivity index (χ2n) is 4.27. The van der Waals surface area contributed by atoms with Crippen LogP contribution in [-0.4, -0.2) is 5.78 Å². The fourth-order valence-electron chi connectivity index (χ4n) is 1.80. The second-order valence-corrected chi connectivity index (χ2v) is 5.13. The Morgan fingerprint density at radius 3 is 2.50 bits per heavy atom. The molecule has 0 N–H and O–H groups in total. The van der Waals surface area contributed by atoms with Crippen LogP contribution in [0.4, 0.5) is 4.39 Å². The van der Waals surface area contributed by atoms with Gasteiger partial charge in [0, 0.05) is 15.6 Å². The van der Waals surface area contributed by atoms with Gasteiger partial charge in [0.15, 0.2) is 5.78 Å². The van der Waals surface area contributed by atoms with E-state index in [1.165, 1.54) is 12.1 Å². The first-order valence-electron chi connectivity index (χ1n) is 5.56. The predicted molar refractivity (Wildman–Crippen MR) is 73.4 cm³/mol. The van der Waals surface area contributed by atoms with Gasteiger partial charge in [-0.3, -0.25) is 4.79 Å². The van der Waals surface area contributed by atoms with Crippen LogP contribution in [0.15, 0.2) is 40.9 Å². The highest BCUT2D eigenvalue weighted by Gasteiger charge is 2.15. The largest absolute Gasteiger partial charge is 0.289 e. The molecule has 0 aliphatic rings. The van der Waals surface area contributed by atoms with E-state index in [4.69, 9.17) is 0 Å². The van der Waals surface area contributed by atoms with Gasteiger partial charge in [0.05, 0.1) is 0 Å². The molecule has 0 atom stereocenters. The molecule has 0 bridgehead atoms. The van der Waals surface area contributed by atoms with Crippen LogP contribution in [-0.2, 0) is 0 Å². The van der Waals surface area contributed by atoms with Crippen molar-refractivity contribution in [1.82, 2.24) is 0 Å². The van der Waals surface area contributed by atoms with E-state index in [0.717, 1.165) is 11.1 Å². The lowest BCUT2D eigenvalue weighted by Gasteiger charge is -2.08.